The molecular weight excluding hydrogens is 437 g/mol. The van der Waals surface area contributed by atoms with E-state index in [0.29, 0.717) is 35.7 Å². The number of likely N-dealkylation sites (N-methyl/N-ethyl adjacent to an activating group) is 1. The van der Waals surface area contributed by atoms with Gasteiger partial charge in [0.25, 0.3) is 5.56 Å². The minimum atomic E-state index is -0.349. The molecule has 0 fully saturated rings. The number of hydrogen-bond donors (Lipinski definition) is 1. The lowest BCUT2D eigenvalue weighted by molar-refractivity contribution is 0.383. The largest absolute Gasteiger partial charge is 0.308 e. The normalized spacial score (nSPS) is 12.4. The number of halogens is 2. The molecule has 33 heavy (non-hydrogen) atoms. The number of aromatic nitrogens is 1. The Morgan fingerprint density at radius 1 is 0.970 bits per heavy atom. The quantitative estimate of drug-likeness (QED) is 0.388. The van der Waals surface area contributed by atoms with Gasteiger partial charge in [-0.3, -0.25) is 4.79 Å². The molecule has 1 heterocycles. The summed E-state index contributed by atoms with van der Waals surface area (Å²) in [4.78, 5) is 15.4. The van der Waals surface area contributed by atoms with E-state index in [1.54, 1.807) is 10.6 Å². The van der Waals surface area contributed by atoms with Crippen LogP contribution < -0.4 is 10.9 Å². The zero-order valence-corrected chi connectivity index (χ0v) is 19.5. The predicted octanol–water partition coefficient (Wildman–Crippen LogP) is 5.23. The van der Waals surface area contributed by atoms with Gasteiger partial charge < -0.3 is 14.8 Å². The molecule has 1 aromatic heterocycles. The highest BCUT2D eigenvalue weighted by molar-refractivity contribution is 6.30. The van der Waals surface area contributed by atoms with E-state index < -0.39 is 0 Å². The first-order valence-electron chi connectivity index (χ1n) is 10.9. The number of nitrogens with zero attached hydrogens (tertiary/aromatic N) is 2. The molecule has 0 bridgehead atoms. The highest BCUT2D eigenvalue weighted by Gasteiger charge is 2.16. The Labute approximate surface area is 198 Å². The third kappa shape index (κ3) is 5.50. The molecule has 4 aromatic rings. The molecule has 4 nitrogen and oxygen atoms in total. The average molecular weight is 464 g/mol. The molecule has 0 saturated carbocycles. The fourth-order valence-corrected chi connectivity index (χ4v) is 4.12. The van der Waals surface area contributed by atoms with Crippen molar-refractivity contribution in [3.8, 4) is 0 Å². The summed E-state index contributed by atoms with van der Waals surface area (Å²) in [6.45, 7) is 1.54. The van der Waals surface area contributed by atoms with Crippen LogP contribution in [0, 0.1) is 5.82 Å². The zero-order chi connectivity index (χ0) is 23.4. The number of nitrogens with one attached hydrogen (secondary N) is 1. The fraction of sp³-hybridized carbons (Fsp3) is 0.222. The van der Waals surface area contributed by atoms with Crippen LogP contribution in [0.3, 0.4) is 0 Å². The Balaban J connectivity index is 1.70. The molecular formula is C27H27ClFN3O. The summed E-state index contributed by atoms with van der Waals surface area (Å²) in [5.74, 6) is -0.349. The van der Waals surface area contributed by atoms with Crippen molar-refractivity contribution in [2.75, 3.05) is 20.6 Å². The monoisotopic (exact) mass is 463 g/mol. The van der Waals surface area contributed by atoms with Gasteiger partial charge in [0.15, 0.2) is 0 Å². The Bertz CT molecular complexity index is 1290. The van der Waals surface area contributed by atoms with Crippen molar-refractivity contribution in [2.45, 2.75) is 19.1 Å². The molecule has 0 radical (unpaired) electrons. The average Bonchev–Trinajstić information content (AvgIpc) is 2.81. The Hall–Kier alpha value is -2.99. The fourth-order valence-electron chi connectivity index (χ4n) is 3.99. The lowest BCUT2D eigenvalue weighted by atomic mass is 9.98. The topological polar surface area (TPSA) is 37.3 Å². The van der Waals surface area contributed by atoms with Crippen LogP contribution in [-0.4, -0.2) is 30.1 Å². The van der Waals surface area contributed by atoms with E-state index in [4.69, 9.17) is 11.6 Å². The van der Waals surface area contributed by atoms with E-state index in [1.165, 1.54) is 12.1 Å². The zero-order valence-electron chi connectivity index (χ0n) is 18.8. The molecule has 4 rings (SSSR count). The Kier molecular flexibility index (Phi) is 7.23. The van der Waals surface area contributed by atoms with E-state index in [1.807, 2.05) is 67.5 Å². The maximum Gasteiger partial charge on any atom is 0.255 e. The van der Waals surface area contributed by atoms with Crippen molar-refractivity contribution in [3.05, 3.63) is 117 Å². The van der Waals surface area contributed by atoms with E-state index in [9.17, 15) is 9.18 Å². The van der Waals surface area contributed by atoms with Crippen molar-refractivity contribution in [2.24, 2.45) is 0 Å². The second-order valence-electron chi connectivity index (χ2n) is 8.41. The summed E-state index contributed by atoms with van der Waals surface area (Å²) < 4.78 is 15.6. The Morgan fingerprint density at radius 2 is 1.67 bits per heavy atom. The highest BCUT2D eigenvalue weighted by Crippen LogP contribution is 2.24. The van der Waals surface area contributed by atoms with E-state index in [-0.39, 0.29) is 17.4 Å². The summed E-state index contributed by atoms with van der Waals surface area (Å²) in [5.41, 5.74) is 3.30. The molecule has 0 spiro atoms. The molecule has 1 atom stereocenters. The van der Waals surface area contributed by atoms with Crippen LogP contribution in [-0.2, 0) is 13.1 Å². The summed E-state index contributed by atoms with van der Waals surface area (Å²) in [6.07, 6.45) is 0. The SMILES string of the molecule is CN(C)CCn1c(=O)c(CNC(c2ccccc2)c2ccc(Cl)cc2)cc2ccc(F)cc21. The molecule has 0 aliphatic carbocycles. The first kappa shape index (κ1) is 23.2. The molecule has 6 heteroatoms. The summed E-state index contributed by atoms with van der Waals surface area (Å²) in [6, 6.07) is 24.2. The third-order valence-corrected chi connectivity index (χ3v) is 5.99. The first-order valence-corrected chi connectivity index (χ1v) is 11.3. The molecule has 170 valence electrons. The second-order valence-corrected chi connectivity index (χ2v) is 8.85. The number of hydrogen-bond acceptors (Lipinski definition) is 3. The van der Waals surface area contributed by atoms with Gasteiger partial charge in [0.1, 0.15) is 5.82 Å². The van der Waals surface area contributed by atoms with Crippen LogP contribution in [0.2, 0.25) is 5.02 Å². The molecule has 0 aliphatic rings. The van der Waals surface area contributed by atoms with Gasteiger partial charge >= 0.3 is 0 Å². The van der Waals surface area contributed by atoms with Crippen LogP contribution in [0.25, 0.3) is 10.9 Å². The lowest BCUT2D eigenvalue weighted by Gasteiger charge is -2.21. The van der Waals surface area contributed by atoms with Crippen molar-refractivity contribution >= 4 is 22.5 Å². The predicted molar refractivity (Wildman–Crippen MR) is 133 cm³/mol. The molecule has 0 amide bonds. The molecule has 0 saturated heterocycles. The maximum atomic E-state index is 14.0. The van der Waals surface area contributed by atoms with Gasteiger partial charge in [-0.1, -0.05) is 54.1 Å². The maximum absolute atomic E-state index is 14.0. The van der Waals surface area contributed by atoms with Crippen LogP contribution in [0.5, 0.6) is 0 Å². The van der Waals surface area contributed by atoms with E-state index >= 15 is 0 Å². The van der Waals surface area contributed by atoms with Crippen LogP contribution in [0.15, 0.2) is 83.7 Å². The molecule has 3 aromatic carbocycles. The summed E-state index contributed by atoms with van der Waals surface area (Å²) in [5, 5.41) is 5.08. The summed E-state index contributed by atoms with van der Waals surface area (Å²) in [7, 11) is 3.91. The van der Waals surface area contributed by atoms with Crippen molar-refractivity contribution in [1.29, 1.82) is 0 Å². The van der Waals surface area contributed by atoms with Gasteiger partial charge in [-0.05, 0) is 67.0 Å². The molecule has 1 N–H and O–H groups in total. The minimum Gasteiger partial charge on any atom is -0.308 e. The van der Waals surface area contributed by atoms with Crippen molar-refractivity contribution in [3.63, 3.8) is 0 Å². The lowest BCUT2D eigenvalue weighted by Crippen LogP contribution is -2.32. The van der Waals surface area contributed by atoms with Crippen molar-refractivity contribution in [1.82, 2.24) is 14.8 Å². The van der Waals surface area contributed by atoms with E-state index in [0.717, 1.165) is 16.5 Å². The summed E-state index contributed by atoms with van der Waals surface area (Å²) >= 11 is 6.10. The number of rotatable bonds is 8. The highest BCUT2D eigenvalue weighted by atomic mass is 35.5. The number of fused-ring (bicyclic) bond motifs is 1. The van der Waals surface area contributed by atoms with E-state index in [2.05, 4.69) is 17.4 Å². The standard InChI is InChI=1S/C27H27ClFN3O/c1-31(2)14-15-32-25-17-24(29)13-10-21(25)16-22(27(32)33)18-30-26(19-6-4-3-5-7-19)20-8-11-23(28)12-9-20/h3-13,16-17,26,30H,14-15,18H2,1-2H3. The van der Waals surface area contributed by atoms with Gasteiger partial charge in [-0.25, -0.2) is 4.39 Å². The molecule has 1 unspecified atom stereocenters. The molecule has 0 aliphatic heterocycles. The van der Waals surface area contributed by atoms with Gasteiger partial charge in [-0.15, -0.1) is 0 Å². The minimum absolute atomic E-state index is 0.106. The van der Waals surface area contributed by atoms with Crippen LogP contribution in [0.4, 0.5) is 4.39 Å². The van der Waals surface area contributed by atoms with Crippen molar-refractivity contribution < 1.29 is 4.39 Å². The first-order chi connectivity index (χ1) is 15.9. The van der Waals surface area contributed by atoms with Crippen LogP contribution >= 0.6 is 11.6 Å². The van der Waals surface area contributed by atoms with Gasteiger partial charge in [0.05, 0.1) is 11.6 Å². The van der Waals surface area contributed by atoms with Gasteiger partial charge in [-0.2, -0.15) is 0 Å². The number of pyridine rings is 1. The van der Waals surface area contributed by atoms with Crippen LogP contribution in [0.1, 0.15) is 22.7 Å². The smallest absolute Gasteiger partial charge is 0.255 e. The van der Waals surface area contributed by atoms with Gasteiger partial charge in [0, 0.05) is 30.2 Å². The second kappa shape index (κ2) is 10.3. The third-order valence-electron chi connectivity index (χ3n) is 5.74. The number of benzene rings is 3. The Morgan fingerprint density at radius 3 is 2.36 bits per heavy atom. The van der Waals surface area contributed by atoms with Gasteiger partial charge in [0.2, 0.25) is 0 Å².